The van der Waals surface area contributed by atoms with Crippen LogP contribution in [0.25, 0.3) is 11.3 Å². The van der Waals surface area contributed by atoms with E-state index in [1.165, 1.54) is 0 Å². The second kappa shape index (κ2) is 6.34. The van der Waals surface area contributed by atoms with E-state index in [1.54, 1.807) is 6.20 Å². The lowest BCUT2D eigenvalue weighted by Crippen LogP contribution is -2.33. The molecule has 1 aromatic carbocycles. The van der Waals surface area contributed by atoms with Gasteiger partial charge in [-0.15, -0.1) is 0 Å². The number of aromatic nitrogens is 2. The van der Waals surface area contributed by atoms with Crippen molar-refractivity contribution in [3.63, 3.8) is 0 Å². The summed E-state index contributed by atoms with van der Waals surface area (Å²) in [7, 11) is 0. The van der Waals surface area contributed by atoms with Crippen LogP contribution in [0.1, 0.15) is 13.8 Å². The van der Waals surface area contributed by atoms with Crippen molar-refractivity contribution in [3.05, 3.63) is 36.5 Å². The Morgan fingerprint density at radius 2 is 2.20 bits per heavy atom. The molecule has 0 bridgehead atoms. The molecule has 0 aliphatic rings. The van der Waals surface area contributed by atoms with Gasteiger partial charge in [-0.25, -0.2) is 0 Å². The van der Waals surface area contributed by atoms with Gasteiger partial charge in [-0.2, -0.15) is 5.10 Å². The van der Waals surface area contributed by atoms with Crippen LogP contribution in [0.5, 0.6) is 0 Å². The molecule has 20 heavy (non-hydrogen) atoms. The molecule has 0 saturated heterocycles. The van der Waals surface area contributed by atoms with Crippen molar-refractivity contribution < 1.29 is 4.79 Å². The highest BCUT2D eigenvalue weighted by molar-refractivity contribution is 5.93. The predicted octanol–water partition coefficient (Wildman–Crippen LogP) is 2.25. The van der Waals surface area contributed by atoms with E-state index in [4.69, 9.17) is 5.73 Å². The fourth-order valence-corrected chi connectivity index (χ4v) is 2.10. The minimum absolute atomic E-state index is 0.0377. The Morgan fingerprint density at radius 3 is 2.80 bits per heavy atom. The number of H-pyrrole nitrogens is 1. The van der Waals surface area contributed by atoms with Crippen LogP contribution in [-0.2, 0) is 4.79 Å². The summed E-state index contributed by atoms with van der Waals surface area (Å²) in [5.41, 5.74) is 8.32. The Labute approximate surface area is 118 Å². The van der Waals surface area contributed by atoms with Crippen molar-refractivity contribution in [1.82, 2.24) is 10.2 Å². The van der Waals surface area contributed by atoms with Crippen LogP contribution in [0, 0.1) is 11.8 Å². The second-order valence-corrected chi connectivity index (χ2v) is 5.13. The molecule has 1 amide bonds. The zero-order chi connectivity index (χ0) is 14.5. The van der Waals surface area contributed by atoms with Gasteiger partial charge in [-0.3, -0.25) is 9.89 Å². The maximum atomic E-state index is 12.2. The Balaban J connectivity index is 2.14. The average molecular weight is 272 g/mol. The number of hydrogen-bond acceptors (Lipinski definition) is 3. The lowest BCUT2D eigenvalue weighted by atomic mass is 9.95. The van der Waals surface area contributed by atoms with Crippen molar-refractivity contribution in [2.24, 2.45) is 17.6 Å². The number of nitrogens with zero attached hydrogens (tertiary/aromatic N) is 1. The van der Waals surface area contributed by atoms with Crippen LogP contribution < -0.4 is 11.1 Å². The number of rotatable bonds is 5. The highest BCUT2D eigenvalue weighted by Crippen LogP contribution is 2.21. The number of amides is 1. The number of carbonyl (C=O) groups excluding carboxylic acids is 1. The summed E-state index contributed by atoms with van der Waals surface area (Å²) in [4.78, 5) is 12.2. The third-order valence-corrected chi connectivity index (χ3v) is 3.34. The van der Waals surface area contributed by atoms with E-state index in [9.17, 15) is 4.79 Å². The first-order valence-corrected chi connectivity index (χ1v) is 6.72. The van der Waals surface area contributed by atoms with Gasteiger partial charge in [0, 0.05) is 24.0 Å². The van der Waals surface area contributed by atoms with Gasteiger partial charge in [-0.1, -0.05) is 26.0 Å². The lowest BCUT2D eigenvalue weighted by molar-refractivity contribution is -0.120. The first kappa shape index (κ1) is 14.3. The number of nitrogens with two attached hydrogens (primary N) is 1. The first-order valence-electron chi connectivity index (χ1n) is 6.72. The van der Waals surface area contributed by atoms with Crippen LogP contribution in [0.2, 0.25) is 0 Å². The molecule has 0 fully saturated rings. The maximum absolute atomic E-state index is 12.2. The Bertz CT molecular complexity index is 563. The van der Waals surface area contributed by atoms with E-state index < -0.39 is 0 Å². The molecule has 0 spiro atoms. The molecule has 1 aromatic heterocycles. The molecule has 4 N–H and O–H groups in total. The molecule has 1 heterocycles. The van der Waals surface area contributed by atoms with Gasteiger partial charge in [-0.05, 0) is 24.1 Å². The molecule has 2 rings (SSSR count). The van der Waals surface area contributed by atoms with E-state index in [2.05, 4.69) is 15.5 Å². The van der Waals surface area contributed by atoms with Gasteiger partial charge < -0.3 is 11.1 Å². The summed E-state index contributed by atoms with van der Waals surface area (Å²) < 4.78 is 0. The zero-order valence-electron chi connectivity index (χ0n) is 11.8. The molecular formula is C15H20N4O. The number of benzene rings is 1. The molecule has 1 atom stereocenters. The third kappa shape index (κ3) is 3.24. The Kier molecular flexibility index (Phi) is 4.53. The molecule has 0 saturated carbocycles. The van der Waals surface area contributed by atoms with Crippen molar-refractivity contribution in [1.29, 1.82) is 0 Å². The van der Waals surface area contributed by atoms with Crippen LogP contribution >= 0.6 is 0 Å². The van der Waals surface area contributed by atoms with Crippen LogP contribution in [0.15, 0.2) is 36.5 Å². The molecule has 5 heteroatoms. The summed E-state index contributed by atoms with van der Waals surface area (Å²) in [5.74, 6) is 0.00543. The molecule has 0 radical (unpaired) electrons. The summed E-state index contributed by atoms with van der Waals surface area (Å²) in [6.45, 7) is 4.35. The van der Waals surface area contributed by atoms with Crippen LogP contribution in [0.3, 0.4) is 0 Å². The highest BCUT2D eigenvalue weighted by Gasteiger charge is 2.20. The lowest BCUT2D eigenvalue weighted by Gasteiger charge is -2.18. The Morgan fingerprint density at radius 1 is 1.40 bits per heavy atom. The van der Waals surface area contributed by atoms with E-state index >= 15 is 0 Å². The van der Waals surface area contributed by atoms with E-state index in [0.717, 1.165) is 16.9 Å². The molecule has 5 nitrogen and oxygen atoms in total. The topological polar surface area (TPSA) is 83.8 Å². The number of carbonyl (C=O) groups is 1. The maximum Gasteiger partial charge on any atom is 0.229 e. The van der Waals surface area contributed by atoms with E-state index in [0.29, 0.717) is 6.54 Å². The second-order valence-electron chi connectivity index (χ2n) is 5.13. The fourth-order valence-electron chi connectivity index (χ4n) is 2.10. The summed E-state index contributed by atoms with van der Waals surface area (Å²) in [6.07, 6.45) is 1.70. The SMILES string of the molecule is CC(C)C(CN)C(=O)Nc1cccc(-c2ccn[nH]2)c1. The minimum Gasteiger partial charge on any atom is -0.330 e. The first-order chi connectivity index (χ1) is 9.61. The zero-order valence-corrected chi connectivity index (χ0v) is 11.8. The largest absolute Gasteiger partial charge is 0.330 e. The normalized spacial score (nSPS) is 12.4. The van der Waals surface area contributed by atoms with Crippen molar-refractivity contribution >= 4 is 11.6 Å². The highest BCUT2D eigenvalue weighted by atomic mass is 16.1. The van der Waals surface area contributed by atoms with Gasteiger partial charge in [0.25, 0.3) is 0 Å². The Hall–Kier alpha value is -2.14. The number of hydrogen-bond donors (Lipinski definition) is 3. The van der Waals surface area contributed by atoms with Gasteiger partial charge in [0.05, 0.1) is 11.6 Å². The molecule has 0 aliphatic carbocycles. The van der Waals surface area contributed by atoms with E-state index in [-0.39, 0.29) is 17.7 Å². The molecule has 2 aromatic rings. The molecule has 106 valence electrons. The minimum atomic E-state index is -0.175. The van der Waals surface area contributed by atoms with Crippen molar-refractivity contribution in [2.75, 3.05) is 11.9 Å². The fraction of sp³-hybridized carbons (Fsp3) is 0.333. The van der Waals surface area contributed by atoms with Crippen molar-refractivity contribution in [3.8, 4) is 11.3 Å². The predicted molar refractivity (Wildman–Crippen MR) is 80.0 cm³/mol. The molecule has 0 aliphatic heterocycles. The standard InChI is InChI=1S/C15H20N4O/c1-10(2)13(9-16)15(20)18-12-5-3-4-11(8-12)14-6-7-17-19-14/h3-8,10,13H,9,16H2,1-2H3,(H,17,19)(H,18,20). The van der Waals surface area contributed by atoms with Gasteiger partial charge >= 0.3 is 0 Å². The summed E-state index contributed by atoms with van der Waals surface area (Å²) in [5, 5.41) is 9.75. The molecule has 1 unspecified atom stereocenters. The smallest absolute Gasteiger partial charge is 0.229 e. The van der Waals surface area contributed by atoms with Gasteiger partial charge in [0.15, 0.2) is 0 Å². The molecular weight excluding hydrogens is 252 g/mol. The number of aromatic amines is 1. The monoisotopic (exact) mass is 272 g/mol. The van der Waals surface area contributed by atoms with Crippen molar-refractivity contribution in [2.45, 2.75) is 13.8 Å². The van der Waals surface area contributed by atoms with Gasteiger partial charge in [0.2, 0.25) is 5.91 Å². The number of anilines is 1. The third-order valence-electron chi connectivity index (χ3n) is 3.34. The van der Waals surface area contributed by atoms with E-state index in [1.807, 2.05) is 44.2 Å². The summed E-state index contributed by atoms with van der Waals surface area (Å²) in [6, 6.07) is 9.54. The van der Waals surface area contributed by atoms with Crippen LogP contribution in [-0.4, -0.2) is 22.6 Å². The van der Waals surface area contributed by atoms with Gasteiger partial charge in [0.1, 0.15) is 0 Å². The summed E-state index contributed by atoms with van der Waals surface area (Å²) >= 11 is 0. The number of nitrogens with one attached hydrogen (secondary N) is 2. The quantitative estimate of drug-likeness (QED) is 0.780. The average Bonchev–Trinajstić information content (AvgIpc) is 2.93. The van der Waals surface area contributed by atoms with Crippen LogP contribution in [0.4, 0.5) is 5.69 Å².